The van der Waals surface area contributed by atoms with Gasteiger partial charge in [0.15, 0.2) is 5.11 Å². The molecule has 4 rings (SSSR count). The molecule has 0 saturated heterocycles. The van der Waals surface area contributed by atoms with E-state index in [1.54, 1.807) is 18.0 Å². The molecule has 3 aromatic rings. The molecule has 8 heteroatoms. The minimum Gasteiger partial charge on any atom is -0.359 e. The van der Waals surface area contributed by atoms with Gasteiger partial charge in [0.1, 0.15) is 0 Å². The lowest BCUT2D eigenvalue weighted by molar-refractivity contribution is -0.119. The van der Waals surface area contributed by atoms with Gasteiger partial charge in [0.25, 0.3) is 5.91 Å². The standard InChI is InChI=1S/C28H30ClN5OS/c1-18(2)30-16-19-9-11-20(12-10-19)17-31-28(36)33-26-27(35)34(3)24-14-13-22(29)15-23(24)25(32-26)21-7-5-4-6-8-21/h4-15,18,26,30H,16-17H2,1-3H3,(H2,31,33,36). The Morgan fingerprint density at radius 1 is 1.03 bits per heavy atom. The number of likely N-dealkylation sites (N-methyl/N-ethyl adjacent to an activating group) is 1. The monoisotopic (exact) mass is 519 g/mol. The molecular weight excluding hydrogens is 490 g/mol. The third kappa shape index (κ3) is 6.29. The number of benzodiazepines with no additional fused rings is 1. The van der Waals surface area contributed by atoms with Crippen LogP contribution in [-0.2, 0) is 17.9 Å². The van der Waals surface area contributed by atoms with Crippen molar-refractivity contribution < 1.29 is 4.79 Å². The molecule has 1 heterocycles. The first-order valence-corrected chi connectivity index (χ1v) is 12.7. The van der Waals surface area contributed by atoms with Crippen molar-refractivity contribution in [1.82, 2.24) is 16.0 Å². The molecule has 6 nitrogen and oxygen atoms in total. The zero-order valence-corrected chi connectivity index (χ0v) is 22.2. The fraction of sp³-hybridized carbons (Fsp3) is 0.250. The van der Waals surface area contributed by atoms with E-state index in [0.29, 0.717) is 28.4 Å². The number of nitrogens with one attached hydrogen (secondary N) is 3. The van der Waals surface area contributed by atoms with Gasteiger partial charge in [-0.25, -0.2) is 4.99 Å². The maximum atomic E-state index is 13.4. The fourth-order valence-corrected chi connectivity index (χ4v) is 4.28. The summed E-state index contributed by atoms with van der Waals surface area (Å²) < 4.78 is 0. The van der Waals surface area contributed by atoms with Gasteiger partial charge in [0.05, 0.1) is 11.4 Å². The van der Waals surface area contributed by atoms with E-state index >= 15 is 0 Å². The number of halogens is 1. The summed E-state index contributed by atoms with van der Waals surface area (Å²) in [6, 6.07) is 24.0. The molecule has 1 atom stereocenters. The molecule has 0 fully saturated rings. The van der Waals surface area contributed by atoms with E-state index in [4.69, 9.17) is 28.8 Å². The molecule has 0 aromatic heterocycles. The van der Waals surface area contributed by atoms with E-state index in [2.05, 4.69) is 54.1 Å². The number of hydrogen-bond donors (Lipinski definition) is 3. The number of rotatable bonds is 7. The Bertz CT molecular complexity index is 1260. The molecule has 1 aliphatic heterocycles. The van der Waals surface area contributed by atoms with Crippen LogP contribution in [-0.4, -0.2) is 36.0 Å². The van der Waals surface area contributed by atoms with Crippen LogP contribution in [0.5, 0.6) is 0 Å². The van der Waals surface area contributed by atoms with Gasteiger partial charge in [-0.3, -0.25) is 4.79 Å². The number of carbonyl (C=O) groups excluding carboxylic acids is 1. The maximum absolute atomic E-state index is 13.4. The SMILES string of the molecule is CC(C)NCc1ccc(CNC(=S)NC2N=C(c3ccccc3)c3cc(Cl)ccc3N(C)C2=O)cc1. The number of aliphatic imine (C=N–C) groups is 1. The molecule has 186 valence electrons. The van der Waals surface area contributed by atoms with Crippen molar-refractivity contribution in [3.63, 3.8) is 0 Å². The Morgan fingerprint density at radius 3 is 2.36 bits per heavy atom. The molecular formula is C28H30ClN5OS. The number of hydrogen-bond acceptors (Lipinski definition) is 4. The highest BCUT2D eigenvalue weighted by molar-refractivity contribution is 7.80. The van der Waals surface area contributed by atoms with Crippen molar-refractivity contribution in [3.05, 3.63) is 100 Å². The summed E-state index contributed by atoms with van der Waals surface area (Å²) >= 11 is 11.9. The van der Waals surface area contributed by atoms with E-state index in [9.17, 15) is 4.79 Å². The van der Waals surface area contributed by atoms with Crippen molar-refractivity contribution in [1.29, 1.82) is 0 Å². The molecule has 1 unspecified atom stereocenters. The van der Waals surface area contributed by atoms with Crippen molar-refractivity contribution in [3.8, 4) is 0 Å². The minimum absolute atomic E-state index is 0.212. The predicted molar refractivity (Wildman–Crippen MR) is 152 cm³/mol. The van der Waals surface area contributed by atoms with Gasteiger partial charge >= 0.3 is 0 Å². The Labute approximate surface area is 222 Å². The second-order valence-corrected chi connectivity index (χ2v) is 9.83. The molecule has 36 heavy (non-hydrogen) atoms. The number of thiocarbonyl (C=S) groups is 1. The van der Waals surface area contributed by atoms with Crippen LogP contribution in [0.1, 0.15) is 36.1 Å². The lowest BCUT2D eigenvalue weighted by atomic mass is 10.0. The number of anilines is 1. The van der Waals surface area contributed by atoms with E-state index in [1.165, 1.54) is 5.56 Å². The first-order chi connectivity index (χ1) is 17.3. The van der Waals surface area contributed by atoms with E-state index in [0.717, 1.165) is 28.9 Å². The number of carbonyl (C=O) groups is 1. The quantitative estimate of drug-likeness (QED) is 0.397. The molecule has 0 bridgehead atoms. The Kier molecular flexibility index (Phi) is 8.36. The summed E-state index contributed by atoms with van der Waals surface area (Å²) in [5.41, 5.74) is 5.41. The number of amides is 1. The predicted octanol–water partition coefficient (Wildman–Crippen LogP) is 4.64. The van der Waals surface area contributed by atoms with E-state index in [1.807, 2.05) is 42.5 Å². The number of nitrogens with zero attached hydrogens (tertiary/aromatic N) is 2. The van der Waals surface area contributed by atoms with Crippen molar-refractivity contribution in [2.75, 3.05) is 11.9 Å². The average molecular weight is 520 g/mol. The van der Waals surface area contributed by atoms with Crippen LogP contribution in [0.25, 0.3) is 0 Å². The highest BCUT2D eigenvalue weighted by Crippen LogP contribution is 2.29. The minimum atomic E-state index is -0.888. The zero-order chi connectivity index (χ0) is 25.7. The molecule has 1 aliphatic rings. The fourth-order valence-electron chi connectivity index (χ4n) is 3.92. The van der Waals surface area contributed by atoms with Gasteiger partial charge in [-0.2, -0.15) is 0 Å². The molecule has 0 spiro atoms. The van der Waals surface area contributed by atoms with Gasteiger partial charge in [0, 0.05) is 42.3 Å². The van der Waals surface area contributed by atoms with Crippen LogP contribution in [0.3, 0.4) is 0 Å². The molecule has 0 radical (unpaired) electrons. The normalized spacial score (nSPS) is 15.2. The average Bonchev–Trinajstić information content (AvgIpc) is 2.97. The van der Waals surface area contributed by atoms with Crippen LogP contribution in [0, 0.1) is 0 Å². The van der Waals surface area contributed by atoms with Gasteiger partial charge in [0.2, 0.25) is 6.17 Å². The van der Waals surface area contributed by atoms with Crippen LogP contribution < -0.4 is 20.9 Å². The van der Waals surface area contributed by atoms with Crippen molar-refractivity contribution in [2.45, 2.75) is 39.1 Å². The molecule has 3 N–H and O–H groups in total. The second kappa shape index (κ2) is 11.6. The third-order valence-corrected chi connectivity index (χ3v) is 6.40. The number of fused-ring (bicyclic) bond motifs is 1. The summed E-state index contributed by atoms with van der Waals surface area (Å²) in [6.45, 7) is 5.62. The lowest BCUT2D eigenvalue weighted by Crippen LogP contribution is -2.49. The summed E-state index contributed by atoms with van der Waals surface area (Å²) in [4.78, 5) is 19.8. The van der Waals surface area contributed by atoms with E-state index < -0.39 is 6.17 Å². The summed E-state index contributed by atoms with van der Waals surface area (Å²) in [7, 11) is 1.74. The largest absolute Gasteiger partial charge is 0.359 e. The lowest BCUT2D eigenvalue weighted by Gasteiger charge is -2.22. The number of benzene rings is 3. The maximum Gasteiger partial charge on any atom is 0.272 e. The van der Waals surface area contributed by atoms with Crippen LogP contribution in [0.4, 0.5) is 5.69 Å². The highest BCUT2D eigenvalue weighted by Gasteiger charge is 2.30. The van der Waals surface area contributed by atoms with Crippen molar-refractivity contribution >= 4 is 46.2 Å². The molecule has 0 aliphatic carbocycles. The zero-order valence-electron chi connectivity index (χ0n) is 20.6. The third-order valence-electron chi connectivity index (χ3n) is 5.90. The summed E-state index contributed by atoms with van der Waals surface area (Å²) in [5.74, 6) is -0.212. The van der Waals surface area contributed by atoms with Gasteiger partial charge < -0.3 is 20.9 Å². The Morgan fingerprint density at radius 2 is 1.69 bits per heavy atom. The molecule has 0 saturated carbocycles. The second-order valence-electron chi connectivity index (χ2n) is 8.98. The Hall–Kier alpha value is -3.26. The first kappa shape index (κ1) is 25.8. The van der Waals surface area contributed by atoms with Crippen LogP contribution in [0.2, 0.25) is 5.02 Å². The van der Waals surface area contributed by atoms with Crippen LogP contribution >= 0.6 is 23.8 Å². The smallest absolute Gasteiger partial charge is 0.272 e. The topological polar surface area (TPSA) is 68.8 Å². The van der Waals surface area contributed by atoms with Crippen molar-refractivity contribution in [2.24, 2.45) is 4.99 Å². The highest BCUT2D eigenvalue weighted by atomic mass is 35.5. The Balaban J connectivity index is 1.50. The van der Waals surface area contributed by atoms with Gasteiger partial charge in [-0.05, 0) is 41.5 Å². The summed E-state index contributed by atoms with van der Waals surface area (Å²) in [6.07, 6.45) is -0.888. The van der Waals surface area contributed by atoms with E-state index in [-0.39, 0.29) is 5.91 Å². The van der Waals surface area contributed by atoms with Crippen LogP contribution in [0.15, 0.2) is 77.8 Å². The first-order valence-electron chi connectivity index (χ1n) is 11.9. The van der Waals surface area contributed by atoms with Gasteiger partial charge in [-0.15, -0.1) is 0 Å². The summed E-state index contributed by atoms with van der Waals surface area (Å²) in [5, 5.41) is 10.6. The molecule has 1 amide bonds. The molecule has 3 aromatic carbocycles. The van der Waals surface area contributed by atoms with Gasteiger partial charge in [-0.1, -0.05) is 80.0 Å².